The molecule has 1 aromatic rings. The van der Waals surface area contributed by atoms with Crippen LogP contribution in [0.4, 0.5) is 4.39 Å². The Hall–Kier alpha value is -1.66. The van der Waals surface area contributed by atoms with Gasteiger partial charge in [0.1, 0.15) is 12.2 Å². The summed E-state index contributed by atoms with van der Waals surface area (Å²) in [7, 11) is 0. The molecule has 5 aliphatic rings. The van der Waals surface area contributed by atoms with E-state index >= 15 is 4.39 Å². The largest absolute Gasteiger partial charge is 0.483 e. The van der Waals surface area contributed by atoms with Crippen molar-refractivity contribution in [2.45, 2.75) is 58.5 Å². The molecule has 0 amide bonds. The van der Waals surface area contributed by atoms with Crippen LogP contribution in [0.1, 0.15) is 63.2 Å². The first-order valence-corrected chi connectivity index (χ1v) is 12.7. The van der Waals surface area contributed by atoms with Gasteiger partial charge in [-0.3, -0.25) is 4.90 Å². The van der Waals surface area contributed by atoms with Gasteiger partial charge < -0.3 is 14.2 Å². The summed E-state index contributed by atoms with van der Waals surface area (Å²) in [4.78, 5) is 14.9. The van der Waals surface area contributed by atoms with Gasteiger partial charge in [0.2, 0.25) is 0 Å². The van der Waals surface area contributed by atoms with Gasteiger partial charge in [-0.25, -0.2) is 9.18 Å². The number of halogens is 1. The summed E-state index contributed by atoms with van der Waals surface area (Å²) in [6.07, 6.45) is 6.06. The van der Waals surface area contributed by atoms with Gasteiger partial charge in [-0.1, -0.05) is 20.8 Å². The fourth-order valence-corrected chi connectivity index (χ4v) is 7.49. The van der Waals surface area contributed by atoms with Crippen LogP contribution in [-0.4, -0.2) is 55.9 Å². The van der Waals surface area contributed by atoms with Crippen molar-refractivity contribution in [1.82, 2.24) is 4.90 Å². The van der Waals surface area contributed by atoms with E-state index in [2.05, 4.69) is 25.7 Å². The zero-order valence-electron chi connectivity index (χ0n) is 20.3. The first kappa shape index (κ1) is 23.1. The van der Waals surface area contributed by atoms with Gasteiger partial charge in [0.25, 0.3) is 0 Å². The summed E-state index contributed by atoms with van der Waals surface area (Å²) in [5.74, 6) is 1.84. The standard InChI is InChI=1S/C27H38FNO4/c1-26(2,3)27(21-13-18-12-19(15-21)16-22(27)14-18)33-24-17-20(4-5-23(24)28)25(30)32-11-8-29-6-9-31-10-7-29/h4-5,17-19,21-22H,6-16H2,1-3H3. The van der Waals surface area contributed by atoms with E-state index in [-0.39, 0.29) is 11.2 Å². The van der Waals surface area contributed by atoms with Crippen molar-refractivity contribution >= 4 is 5.97 Å². The Morgan fingerprint density at radius 2 is 1.73 bits per heavy atom. The van der Waals surface area contributed by atoms with Crippen molar-refractivity contribution in [3.8, 4) is 5.75 Å². The smallest absolute Gasteiger partial charge is 0.338 e. The van der Waals surface area contributed by atoms with Crippen LogP contribution in [0.5, 0.6) is 5.75 Å². The molecule has 0 unspecified atom stereocenters. The highest BCUT2D eigenvalue weighted by atomic mass is 19.1. The number of benzene rings is 1. The minimum Gasteiger partial charge on any atom is -0.483 e. The number of ether oxygens (including phenoxy) is 3. The van der Waals surface area contributed by atoms with E-state index in [0.29, 0.717) is 43.8 Å². The van der Waals surface area contributed by atoms with Gasteiger partial charge in [-0.15, -0.1) is 0 Å². The second-order valence-corrected chi connectivity index (χ2v) is 11.7. The number of morpholine rings is 1. The molecule has 1 aliphatic heterocycles. The zero-order chi connectivity index (χ0) is 23.2. The lowest BCUT2D eigenvalue weighted by molar-refractivity contribution is -0.207. The van der Waals surface area contributed by atoms with Crippen LogP contribution in [0.3, 0.4) is 0 Å². The van der Waals surface area contributed by atoms with Crippen molar-refractivity contribution in [2.75, 3.05) is 39.5 Å². The lowest BCUT2D eigenvalue weighted by Crippen LogP contribution is -2.66. The number of nitrogens with zero attached hydrogens (tertiary/aromatic N) is 1. The lowest BCUT2D eigenvalue weighted by Gasteiger charge is -2.64. The third-order valence-corrected chi connectivity index (χ3v) is 8.71. The molecule has 4 aliphatic carbocycles. The van der Waals surface area contributed by atoms with Crippen molar-refractivity contribution < 1.29 is 23.4 Å². The quantitative estimate of drug-likeness (QED) is 0.565. The Kier molecular flexibility index (Phi) is 6.19. The normalized spacial score (nSPS) is 33.8. The van der Waals surface area contributed by atoms with Gasteiger partial charge in [0, 0.05) is 25.0 Å². The number of rotatable bonds is 6. The number of hydrogen-bond acceptors (Lipinski definition) is 5. The third-order valence-electron chi connectivity index (χ3n) is 8.71. The van der Waals surface area contributed by atoms with E-state index in [1.807, 2.05) is 0 Å². The van der Waals surface area contributed by atoms with Crippen molar-refractivity contribution in [1.29, 1.82) is 0 Å². The molecule has 1 saturated heterocycles. The summed E-state index contributed by atoms with van der Waals surface area (Å²) in [6, 6.07) is 4.41. The molecular weight excluding hydrogens is 421 g/mol. The Balaban J connectivity index is 1.32. The highest BCUT2D eigenvalue weighted by molar-refractivity contribution is 5.89. The first-order chi connectivity index (χ1) is 15.8. The summed E-state index contributed by atoms with van der Waals surface area (Å²) in [5, 5.41) is 0. The fraction of sp³-hybridized carbons (Fsp3) is 0.741. The summed E-state index contributed by atoms with van der Waals surface area (Å²) >= 11 is 0. The molecular formula is C27H38FNO4. The van der Waals surface area contributed by atoms with E-state index in [4.69, 9.17) is 14.2 Å². The Labute approximate surface area is 196 Å². The fourth-order valence-electron chi connectivity index (χ4n) is 7.49. The van der Waals surface area contributed by atoms with Crippen molar-refractivity contribution in [3.63, 3.8) is 0 Å². The van der Waals surface area contributed by atoms with Crippen LogP contribution in [0, 0.1) is 34.9 Å². The second kappa shape index (κ2) is 8.84. The van der Waals surface area contributed by atoms with Crippen LogP contribution in [0.2, 0.25) is 0 Å². The molecule has 182 valence electrons. The Bertz CT molecular complexity index is 845. The number of carbonyl (C=O) groups excluding carboxylic acids is 1. The summed E-state index contributed by atoms with van der Waals surface area (Å²) < 4.78 is 32.6. The number of esters is 1. The topological polar surface area (TPSA) is 48.0 Å². The molecule has 5 fully saturated rings. The van der Waals surface area contributed by atoms with Crippen LogP contribution in [-0.2, 0) is 9.47 Å². The SMILES string of the molecule is CC(C)(C)C1(Oc2cc(C(=O)OCCN3CCOCC3)ccc2F)C2CC3CC(C2)CC1C3. The minimum absolute atomic E-state index is 0.128. The molecule has 4 bridgehead atoms. The predicted octanol–water partition coefficient (Wildman–Crippen LogP) is 4.93. The minimum atomic E-state index is -0.428. The molecule has 0 radical (unpaired) electrons. The van der Waals surface area contributed by atoms with Gasteiger partial charge in [-0.2, -0.15) is 0 Å². The third kappa shape index (κ3) is 4.29. The van der Waals surface area contributed by atoms with E-state index in [1.54, 1.807) is 6.07 Å². The molecule has 0 aromatic heterocycles. The average Bonchev–Trinajstić information content (AvgIpc) is 2.77. The first-order valence-electron chi connectivity index (χ1n) is 12.7. The molecule has 1 heterocycles. The zero-order valence-corrected chi connectivity index (χ0v) is 20.3. The van der Waals surface area contributed by atoms with Crippen molar-refractivity contribution in [3.05, 3.63) is 29.6 Å². The van der Waals surface area contributed by atoms with Gasteiger partial charge in [-0.05, 0) is 74.0 Å². The maximum Gasteiger partial charge on any atom is 0.338 e. The molecule has 33 heavy (non-hydrogen) atoms. The van der Waals surface area contributed by atoms with E-state index in [9.17, 15) is 4.79 Å². The second-order valence-electron chi connectivity index (χ2n) is 11.7. The molecule has 0 N–H and O–H groups in total. The van der Waals surface area contributed by atoms with E-state index in [0.717, 1.165) is 24.9 Å². The monoisotopic (exact) mass is 459 g/mol. The van der Waals surface area contributed by atoms with E-state index < -0.39 is 17.4 Å². The molecule has 6 heteroatoms. The molecule has 5 nitrogen and oxygen atoms in total. The van der Waals surface area contributed by atoms with Crippen LogP contribution in [0.15, 0.2) is 18.2 Å². The number of hydrogen-bond donors (Lipinski definition) is 0. The maximum absolute atomic E-state index is 15.0. The highest BCUT2D eigenvalue weighted by Gasteiger charge is 2.63. The van der Waals surface area contributed by atoms with Gasteiger partial charge in [0.15, 0.2) is 11.6 Å². The van der Waals surface area contributed by atoms with Gasteiger partial charge >= 0.3 is 5.97 Å². The van der Waals surface area contributed by atoms with Crippen LogP contribution < -0.4 is 4.74 Å². The lowest BCUT2D eigenvalue weighted by atomic mass is 9.45. The van der Waals surface area contributed by atoms with Crippen LogP contribution in [0.25, 0.3) is 0 Å². The molecule has 1 aromatic carbocycles. The molecule has 6 rings (SSSR count). The Morgan fingerprint density at radius 3 is 2.33 bits per heavy atom. The van der Waals surface area contributed by atoms with E-state index in [1.165, 1.54) is 44.2 Å². The summed E-state index contributed by atoms with van der Waals surface area (Å²) in [5.41, 5.74) is -0.183. The number of carbonyl (C=O) groups is 1. The predicted molar refractivity (Wildman–Crippen MR) is 124 cm³/mol. The molecule has 4 saturated carbocycles. The van der Waals surface area contributed by atoms with Crippen molar-refractivity contribution in [2.24, 2.45) is 29.1 Å². The highest BCUT2D eigenvalue weighted by Crippen LogP contribution is 2.64. The molecule has 0 atom stereocenters. The average molecular weight is 460 g/mol. The van der Waals surface area contributed by atoms with Gasteiger partial charge in [0.05, 0.1) is 18.8 Å². The Morgan fingerprint density at radius 1 is 1.09 bits per heavy atom. The molecule has 0 spiro atoms. The maximum atomic E-state index is 15.0. The van der Waals surface area contributed by atoms with Crippen LogP contribution >= 0.6 is 0 Å². The summed E-state index contributed by atoms with van der Waals surface area (Å²) in [6.45, 7) is 10.8.